The molecule has 22 heavy (non-hydrogen) atoms. The van der Waals surface area contributed by atoms with E-state index in [1.165, 1.54) is 30.4 Å². The van der Waals surface area contributed by atoms with E-state index in [1.807, 2.05) is 0 Å². The molecule has 2 heteroatoms. The summed E-state index contributed by atoms with van der Waals surface area (Å²) in [5.74, 6) is 1.56. The Kier molecular flexibility index (Phi) is 3.34. The topological polar surface area (TPSA) is 29.5 Å². The summed E-state index contributed by atoms with van der Waals surface area (Å²) in [6.07, 6.45) is 7.85. The molecule has 1 aromatic carbocycles. The van der Waals surface area contributed by atoms with Crippen molar-refractivity contribution < 1.29 is 9.84 Å². The van der Waals surface area contributed by atoms with Gasteiger partial charge in [0.1, 0.15) is 5.75 Å². The minimum Gasteiger partial charge on any atom is -0.497 e. The molecule has 0 heterocycles. The standard InChI is InChI=1S/C20H26O2/c1-20-11-10-16-15-9-7-14(22-2)12-13(15)6-8-17(16)18(20)4-3-5-19(20)21/h7,9,12,18-19,21H,3-6,8,10-11H2,1-2H3/t18-,19+,20+/m1/s1. The number of fused-ring (bicyclic) bond motifs is 4. The Balaban J connectivity index is 1.78. The summed E-state index contributed by atoms with van der Waals surface area (Å²) in [5.41, 5.74) is 6.24. The van der Waals surface area contributed by atoms with Gasteiger partial charge in [-0.3, -0.25) is 0 Å². The van der Waals surface area contributed by atoms with Gasteiger partial charge in [0, 0.05) is 5.41 Å². The van der Waals surface area contributed by atoms with Crippen LogP contribution in [-0.4, -0.2) is 18.3 Å². The summed E-state index contributed by atoms with van der Waals surface area (Å²) < 4.78 is 5.38. The van der Waals surface area contributed by atoms with E-state index in [4.69, 9.17) is 4.74 Å². The van der Waals surface area contributed by atoms with Crippen LogP contribution in [0.4, 0.5) is 0 Å². The fourth-order valence-corrected chi connectivity index (χ4v) is 5.19. The van der Waals surface area contributed by atoms with Gasteiger partial charge in [0.15, 0.2) is 0 Å². The van der Waals surface area contributed by atoms with Crippen molar-refractivity contribution >= 4 is 5.57 Å². The Morgan fingerprint density at radius 2 is 2.05 bits per heavy atom. The van der Waals surface area contributed by atoms with Crippen LogP contribution in [0, 0.1) is 11.3 Å². The fourth-order valence-electron chi connectivity index (χ4n) is 5.19. The van der Waals surface area contributed by atoms with Crippen LogP contribution in [0.2, 0.25) is 0 Å². The lowest BCUT2D eigenvalue weighted by atomic mass is 9.55. The molecule has 1 fully saturated rings. The third-order valence-electron chi connectivity index (χ3n) is 6.55. The minimum atomic E-state index is -0.113. The van der Waals surface area contributed by atoms with Gasteiger partial charge in [-0.25, -0.2) is 0 Å². The predicted octanol–water partition coefficient (Wildman–Crippen LogP) is 4.36. The number of allylic oxidation sites excluding steroid dienone is 2. The van der Waals surface area contributed by atoms with Gasteiger partial charge in [-0.05, 0) is 73.3 Å². The Morgan fingerprint density at radius 1 is 1.18 bits per heavy atom. The molecule has 0 spiro atoms. The summed E-state index contributed by atoms with van der Waals surface area (Å²) in [6, 6.07) is 6.56. The number of aliphatic hydroxyl groups is 1. The first kappa shape index (κ1) is 14.3. The number of aryl methyl sites for hydroxylation is 1. The van der Waals surface area contributed by atoms with Crippen molar-refractivity contribution in [3.05, 3.63) is 34.9 Å². The van der Waals surface area contributed by atoms with Crippen LogP contribution in [-0.2, 0) is 6.42 Å². The molecule has 0 aliphatic heterocycles. The quantitative estimate of drug-likeness (QED) is 0.835. The lowest BCUT2D eigenvalue weighted by Gasteiger charge is -2.51. The van der Waals surface area contributed by atoms with Crippen molar-refractivity contribution in [3.63, 3.8) is 0 Å². The molecule has 3 aliphatic rings. The van der Waals surface area contributed by atoms with Crippen molar-refractivity contribution in [2.24, 2.45) is 11.3 Å². The maximum Gasteiger partial charge on any atom is 0.119 e. The van der Waals surface area contributed by atoms with Crippen LogP contribution < -0.4 is 4.74 Å². The molecule has 0 amide bonds. The number of hydrogen-bond acceptors (Lipinski definition) is 2. The highest BCUT2D eigenvalue weighted by atomic mass is 16.5. The summed E-state index contributed by atoms with van der Waals surface area (Å²) >= 11 is 0. The number of ether oxygens (including phenoxy) is 1. The SMILES string of the molecule is COc1ccc2c(c1)CCC1=C2CC[C@@]2(C)[C@@H]1CCC[C@@H]2O. The zero-order valence-corrected chi connectivity index (χ0v) is 13.7. The fraction of sp³-hybridized carbons (Fsp3) is 0.600. The highest BCUT2D eigenvalue weighted by Crippen LogP contribution is 2.56. The summed E-state index contributed by atoms with van der Waals surface area (Å²) in [7, 11) is 1.74. The molecule has 1 aromatic rings. The molecule has 0 aromatic heterocycles. The second-order valence-corrected chi connectivity index (χ2v) is 7.53. The average molecular weight is 298 g/mol. The lowest BCUT2D eigenvalue weighted by Crippen LogP contribution is -2.46. The van der Waals surface area contributed by atoms with E-state index in [1.54, 1.807) is 18.3 Å². The van der Waals surface area contributed by atoms with E-state index in [-0.39, 0.29) is 11.5 Å². The second-order valence-electron chi connectivity index (χ2n) is 7.53. The molecule has 118 valence electrons. The van der Waals surface area contributed by atoms with E-state index in [9.17, 15) is 5.11 Å². The maximum absolute atomic E-state index is 10.6. The van der Waals surface area contributed by atoms with E-state index in [0.717, 1.165) is 31.4 Å². The van der Waals surface area contributed by atoms with Gasteiger partial charge in [0.25, 0.3) is 0 Å². The Morgan fingerprint density at radius 3 is 2.86 bits per heavy atom. The van der Waals surface area contributed by atoms with Crippen LogP contribution in [0.15, 0.2) is 23.8 Å². The largest absolute Gasteiger partial charge is 0.497 e. The van der Waals surface area contributed by atoms with Crippen molar-refractivity contribution in [1.29, 1.82) is 0 Å². The molecule has 1 N–H and O–H groups in total. The first-order chi connectivity index (χ1) is 10.6. The number of aliphatic hydroxyl groups excluding tert-OH is 1. The maximum atomic E-state index is 10.6. The highest BCUT2D eigenvalue weighted by Gasteiger charge is 2.48. The summed E-state index contributed by atoms with van der Waals surface area (Å²) in [4.78, 5) is 0. The lowest BCUT2D eigenvalue weighted by molar-refractivity contribution is -0.0393. The molecular formula is C20H26O2. The third kappa shape index (κ3) is 1.96. The first-order valence-electron chi connectivity index (χ1n) is 8.71. The molecule has 0 saturated heterocycles. The first-order valence-corrected chi connectivity index (χ1v) is 8.71. The van der Waals surface area contributed by atoms with Crippen LogP contribution in [0.1, 0.15) is 56.6 Å². The Hall–Kier alpha value is -1.28. The van der Waals surface area contributed by atoms with Gasteiger partial charge in [0.2, 0.25) is 0 Å². The smallest absolute Gasteiger partial charge is 0.119 e. The Bertz CT molecular complexity index is 631. The molecule has 0 unspecified atom stereocenters. The van der Waals surface area contributed by atoms with Crippen LogP contribution in [0.5, 0.6) is 5.75 Å². The average Bonchev–Trinajstić information content (AvgIpc) is 2.55. The summed E-state index contributed by atoms with van der Waals surface area (Å²) in [5, 5.41) is 10.6. The molecule has 4 rings (SSSR count). The van der Waals surface area contributed by atoms with Crippen LogP contribution in [0.25, 0.3) is 5.57 Å². The van der Waals surface area contributed by atoms with Crippen molar-refractivity contribution in [2.75, 3.05) is 7.11 Å². The summed E-state index contributed by atoms with van der Waals surface area (Å²) in [6.45, 7) is 2.33. The molecule has 1 saturated carbocycles. The molecular weight excluding hydrogens is 272 g/mol. The second kappa shape index (κ2) is 5.13. The van der Waals surface area contributed by atoms with Crippen LogP contribution >= 0.6 is 0 Å². The van der Waals surface area contributed by atoms with E-state index in [2.05, 4.69) is 25.1 Å². The van der Waals surface area contributed by atoms with Crippen molar-refractivity contribution in [1.82, 2.24) is 0 Å². The normalized spacial score (nSPS) is 33.8. The van der Waals surface area contributed by atoms with Gasteiger partial charge in [-0.1, -0.05) is 25.0 Å². The van der Waals surface area contributed by atoms with Gasteiger partial charge in [0.05, 0.1) is 13.2 Å². The Labute approximate surface area is 133 Å². The number of rotatable bonds is 1. The van der Waals surface area contributed by atoms with Gasteiger partial charge >= 0.3 is 0 Å². The zero-order chi connectivity index (χ0) is 15.3. The van der Waals surface area contributed by atoms with Crippen molar-refractivity contribution in [2.45, 2.75) is 58.0 Å². The van der Waals surface area contributed by atoms with Gasteiger partial charge in [-0.15, -0.1) is 0 Å². The highest BCUT2D eigenvalue weighted by molar-refractivity contribution is 5.75. The van der Waals surface area contributed by atoms with E-state index in [0.29, 0.717) is 5.92 Å². The number of benzene rings is 1. The molecule has 0 radical (unpaired) electrons. The third-order valence-corrected chi connectivity index (χ3v) is 6.55. The molecule has 3 atom stereocenters. The monoisotopic (exact) mass is 298 g/mol. The molecule has 0 bridgehead atoms. The predicted molar refractivity (Wildman–Crippen MR) is 88.9 cm³/mol. The van der Waals surface area contributed by atoms with Gasteiger partial charge < -0.3 is 9.84 Å². The zero-order valence-electron chi connectivity index (χ0n) is 13.7. The number of hydrogen-bond donors (Lipinski definition) is 1. The van der Waals surface area contributed by atoms with Crippen molar-refractivity contribution in [3.8, 4) is 5.75 Å². The van der Waals surface area contributed by atoms with E-state index < -0.39 is 0 Å². The molecule has 3 aliphatic carbocycles. The molecule has 2 nitrogen and oxygen atoms in total. The van der Waals surface area contributed by atoms with Crippen LogP contribution in [0.3, 0.4) is 0 Å². The van der Waals surface area contributed by atoms with Gasteiger partial charge in [-0.2, -0.15) is 0 Å². The van der Waals surface area contributed by atoms with E-state index >= 15 is 0 Å². The minimum absolute atomic E-state index is 0.112. The number of methoxy groups -OCH3 is 1.